The maximum absolute atomic E-state index is 9.15. The van der Waals surface area contributed by atoms with Crippen LogP contribution in [0.25, 0.3) is 0 Å². The fourth-order valence-electron chi connectivity index (χ4n) is 2.72. The van der Waals surface area contributed by atoms with Crippen molar-refractivity contribution in [3.05, 3.63) is 30.3 Å². The largest absolute Gasteiger partial charge is 0.396 e. The molecule has 1 aromatic carbocycles. The van der Waals surface area contributed by atoms with E-state index in [0.29, 0.717) is 24.9 Å². The van der Waals surface area contributed by atoms with E-state index in [2.05, 4.69) is 42.2 Å². The first-order chi connectivity index (χ1) is 12.3. The zero-order valence-electron chi connectivity index (χ0n) is 14.0. The predicted molar refractivity (Wildman–Crippen MR) is 96.3 cm³/mol. The summed E-state index contributed by atoms with van der Waals surface area (Å²) in [5, 5.41) is 21.0. The van der Waals surface area contributed by atoms with E-state index in [1.54, 1.807) is 0 Å². The molecule has 4 N–H and O–H groups in total. The van der Waals surface area contributed by atoms with Crippen LogP contribution in [-0.4, -0.2) is 64.6 Å². The first-order valence-electron chi connectivity index (χ1n) is 8.36. The molecule has 1 aromatic heterocycles. The summed E-state index contributed by atoms with van der Waals surface area (Å²) in [6, 6.07) is 10.3. The van der Waals surface area contributed by atoms with Crippen LogP contribution in [0.4, 0.5) is 23.5 Å². The van der Waals surface area contributed by atoms with Gasteiger partial charge < -0.3 is 20.2 Å². The molecular weight excluding hydrogens is 322 g/mol. The number of nitrogens with zero attached hydrogens (tertiary/aromatic N) is 5. The molecule has 1 aliphatic rings. The Kier molecular flexibility index (Phi) is 5.81. The van der Waals surface area contributed by atoms with Crippen molar-refractivity contribution < 1.29 is 10.3 Å². The molecule has 0 amide bonds. The second kappa shape index (κ2) is 8.45. The Morgan fingerprint density at radius 2 is 1.60 bits per heavy atom. The summed E-state index contributed by atoms with van der Waals surface area (Å²) >= 11 is 0. The Morgan fingerprint density at radius 3 is 2.28 bits per heavy atom. The molecule has 134 valence electrons. The lowest BCUT2D eigenvalue weighted by Gasteiger charge is -2.36. The van der Waals surface area contributed by atoms with E-state index in [1.165, 1.54) is 5.69 Å². The van der Waals surface area contributed by atoms with Gasteiger partial charge in [-0.15, -0.1) is 0 Å². The highest BCUT2D eigenvalue weighted by Gasteiger charge is 2.20. The van der Waals surface area contributed by atoms with Crippen LogP contribution in [0.3, 0.4) is 0 Å². The highest BCUT2D eigenvalue weighted by molar-refractivity contribution is 5.49. The molecule has 9 nitrogen and oxygen atoms in total. The van der Waals surface area contributed by atoms with Crippen molar-refractivity contribution in [3.8, 4) is 0 Å². The predicted octanol–water partition coefficient (Wildman–Crippen LogP) is 0.794. The van der Waals surface area contributed by atoms with Crippen LogP contribution in [0.2, 0.25) is 0 Å². The van der Waals surface area contributed by atoms with Gasteiger partial charge in [-0.3, -0.25) is 5.21 Å². The lowest BCUT2D eigenvalue weighted by atomic mass is 10.2. The van der Waals surface area contributed by atoms with Crippen LogP contribution in [0, 0.1) is 0 Å². The lowest BCUT2D eigenvalue weighted by Crippen LogP contribution is -2.47. The maximum Gasteiger partial charge on any atom is 0.253 e. The topological polar surface area (TPSA) is 110 Å². The highest BCUT2D eigenvalue weighted by atomic mass is 16.5. The van der Waals surface area contributed by atoms with Gasteiger partial charge in [-0.2, -0.15) is 15.0 Å². The zero-order chi connectivity index (χ0) is 17.5. The number of piperazine rings is 1. The van der Waals surface area contributed by atoms with Crippen molar-refractivity contribution >= 4 is 23.5 Å². The molecule has 0 bridgehead atoms. The summed E-state index contributed by atoms with van der Waals surface area (Å²) in [6.45, 7) is 3.93. The summed E-state index contributed by atoms with van der Waals surface area (Å²) in [7, 11) is 0. The van der Waals surface area contributed by atoms with Crippen molar-refractivity contribution in [2.24, 2.45) is 0 Å². The summed E-state index contributed by atoms with van der Waals surface area (Å²) in [6.07, 6.45) is 0.596. The van der Waals surface area contributed by atoms with E-state index in [-0.39, 0.29) is 12.6 Å². The standard InChI is InChI=1S/C16H23N7O2/c24-12-4-7-17-14-18-15(21-25)20-16(19-14)23-10-8-22(9-11-23)13-5-2-1-3-6-13/h1-3,5-6,24-25H,4,7-12H2,(H2,17,18,19,20,21). The van der Waals surface area contributed by atoms with E-state index in [4.69, 9.17) is 10.3 Å². The van der Waals surface area contributed by atoms with Crippen LogP contribution < -0.4 is 20.6 Å². The van der Waals surface area contributed by atoms with E-state index in [1.807, 2.05) is 23.7 Å². The van der Waals surface area contributed by atoms with Crippen LogP contribution in [0.15, 0.2) is 30.3 Å². The van der Waals surface area contributed by atoms with Crippen LogP contribution in [0.5, 0.6) is 0 Å². The molecule has 0 saturated carbocycles. The first kappa shape index (κ1) is 17.2. The molecule has 0 spiro atoms. The minimum absolute atomic E-state index is 0.0947. The van der Waals surface area contributed by atoms with E-state index >= 15 is 0 Å². The van der Waals surface area contributed by atoms with Crippen molar-refractivity contribution in [2.45, 2.75) is 6.42 Å². The molecule has 1 fully saturated rings. The molecule has 0 radical (unpaired) electrons. The molecule has 25 heavy (non-hydrogen) atoms. The molecule has 0 unspecified atom stereocenters. The van der Waals surface area contributed by atoms with Gasteiger partial charge in [0.1, 0.15) is 0 Å². The van der Waals surface area contributed by atoms with Gasteiger partial charge in [0.2, 0.25) is 11.9 Å². The Labute approximate surface area is 146 Å². The van der Waals surface area contributed by atoms with Gasteiger partial charge in [-0.1, -0.05) is 18.2 Å². The molecule has 0 aliphatic carbocycles. The number of aromatic nitrogens is 3. The number of hydrogen-bond acceptors (Lipinski definition) is 9. The summed E-state index contributed by atoms with van der Waals surface area (Å²) in [4.78, 5) is 17.1. The Morgan fingerprint density at radius 1 is 0.920 bits per heavy atom. The highest BCUT2D eigenvalue weighted by Crippen LogP contribution is 2.19. The van der Waals surface area contributed by atoms with E-state index in [9.17, 15) is 0 Å². The lowest BCUT2D eigenvalue weighted by molar-refractivity contribution is 0.292. The Bertz CT molecular complexity index is 663. The fraction of sp³-hybridized carbons (Fsp3) is 0.438. The van der Waals surface area contributed by atoms with Gasteiger partial charge in [0, 0.05) is 45.0 Å². The monoisotopic (exact) mass is 345 g/mol. The zero-order valence-corrected chi connectivity index (χ0v) is 14.0. The minimum Gasteiger partial charge on any atom is -0.396 e. The number of nitrogens with one attached hydrogen (secondary N) is 2. The van der Waals surface area contributed by atoms with Gasteiger partial charge in [-0.05, 0) is 18.6 Å². The van der Waals surface area contributed by atoms with Crippen molar-refractivity contribution in [1.82, 2.24) is 15.0 Å². The van der Waals surface area contributed by atoms with Crippen molar-refractivity contribution in [1.29, 1.82) is 0 Å². The Balaban J connectivity index is 1.66. The number of hydrogen-bond donors (Lipinski definition) is 4. The molecule has 0 atom stereocenters. The normalized spacial score (nSPS) is 14.5. The van der Waals surface area contributed by atoms with Crippen molar-refractivity contribution in [2.75, 3.05) is 59.9 Å². The van der Waals surface area contributed by atoms with Crippen molar-refractivity contribution in [3.63, 3.8) is 0 Å². The third-order valence-corrected chi connectivity index (χ3v) is 4.03. The minimum atomic E-state index is 0.0947. The molecule has 1 saturated heterocycles. The average molecular weight is 345 g/mol. The Hall–Kier alpha value is -2.65. The number of para-hydroxylation sites is 1. The van der Waals surface area contributed by atoms with E-state index < -0.39 is 0 Å². The van der Waals surface area contributed by atoms with E-state index in [0.717, 1.165) is 26.2 Å². The number of aliphatic hydroxyl groups is 1. The summed E-state index contributed by atoms with van der Waals surface area (Å²) in [5.74, 6) is 0.994. The number of aliphatic hydroxyl groups excluding tert-OH is 1. The van der Waals surface area contributed by atoms with Gasteiger partial charge in [0.15, 0.2) is 0 Å². The SMILES string of the molecule is OCCCNc1nc(NO)nc(N2CCN(c3ccccc3)CC2)n1. The molecule has 1 aliphatic heterocycles. The molecule has 2 aromatic rings. The quantitative estimate of drug-likeness (QED) is 0.428. The average Bonchev–Trinajstić information content (AvgIpc) is 2.69. The summed E-state index contributed by atoms with van der Waals surface area (Å²) in [5.41, 5.74) is 3.19. The van der Waals surface area contributed by atoms with Crippen LogP contribution in [-0.2, 0) is 0 Å². The maximum atomic E-state index is 9.15. The van der Waals surface area contributed by atoms with Gasteiger partial charge in [0.05, 0.1) is 0 Å². The van der Waals surface area contributed by atoms with Crippen LogP contribution >= 0.6 is 0 Å². The number of rotatable bonds is 7. The first-order valence-corrected chi connectivity index (χ1v) is 8.36. The van der Waals surface area contributed by atoms with Gasteiger partial charge in [0.25, 0.3) is 5.95 Å². The second-order valence-electron chi connectivity index (χ2n) is 5.71. The molecular formula is C16H23N7O2. The van der Waals surface area contributed by atoms with Crippen LogP contribution in [0.1, 0.15) is 6.42 Å². The second-order valence-corrected chi connectivity index (χ2v) is 5.71. The van der Waals surface area contributed by atoms with Gasteiger partial charge >= 0.3 is 0 Å². The molecule has 3 rings (SSSR count). The third kappa shape index (κ3) is 4.46. The molecule has 9 heteroatoms. The third-order valence-electron chi connectivity index (χ3n) is 4.03. The smallest absolute Gasteiger partial charge is 0.253 e. The number of benzene rings is 1. The fourth-order valence-corrected chi connectivity index (χ4v) is 2.72. The summed E-state index contributed by atoms with van der Waals surface area (Å²) < 4.78 is 0. The van der Waals surface area contributed by atoms with Gasteiger partial charge in [-0.25, -0.2) is 5.48 Å². The molecule has 2 heterocycles. The number of anilines is 4.